The maximum atomic E-state index is 13.7. The van der Waals surface area contributed by atoms with Gasteiger partial charge in [-0.05, 0) is 25.5 Å². The summed E-state index contributed by atoms with van der Waals surface area (Å²) in [5.41, 5.74) is -0.368. The van der Waals surface area contributed by atoms with Crippen molar-refractivity contribution in [3.8, 4) is 0 Å². The molecule has 1 aromatic carbocycles. The molecule has 1 atom stereocenters. The van der Waals surface area contributed by atoms with Crippen LogP contribution in [0.2, 0.25) is 0 Å². The van der Waals surface area contributed by atoms with E-state index in [1.54, 1.807) is 6.92 Å². The molecule has 1 N–H and O–H groups in total. The summed E-state index contributed by atoms with van der Waals surface area (Å²) in [5, 5.41) is 8.91. The first-order chi connectivity index (χ1) is 7.90. The first-order valence-corrected chi connectivity index (χ1v) is 5.22. The predicted molar refractivity (Wildman–Crippen MR) is 59.7 cm³/mol. The van der Waals surface area contributed by atoms with Crippen LogP contribution in [0.25, 0.3) is 0 Å². The van der Waals surface area contributed by atoms with Crippen LogP contribution in [0.4, 0.5) is 8.78 Å². The van der Waals surface area contributed by atoms with E-state index in [1.807, 2.05) is 0 Å². The summed E-state index contributed by atoms with van der Waals surface area (Å²) < 4.78 is 27.1. The van der Waals surface area contributed by atoms with Crippen LogP contribution >= 0.6 is 0 Å². The third-order valence-electron chi connectivity index (χ3n) is 2.74. The first kappa shape index (κ1) is 13.6. The van der Waals surface area contributed by atoms with Crippen LogP contribution in [0.15, 0.2) is 12.1 Å². The highest BCUT2D eigenvalue weighted by atomic mass is 19.1. The van der Waals surface area contributed by atoms with Crippen LogP contribution in [-0.2, 0) is 0 Å². The first-order valence-electron chi connectivity index (χ1n) is 5.22. The van der Waals surface area contributed by atoms with Crippen molar-refractivity contribution in [2.75, 3.05) is 13.7 Å². The maximum absolute atomic E-state index is 13.7. The minimum absolute atomic E-state index is 0.208. The van der Waals surface area contributed by atoms with E-state index in [0.29, 0.717) is 0 Å². The summed E-state index contributed by atoms with van der Waals surface area (Å²) in [7, 11) is 1.39. The second-order valence-corrected chi connectivity index (χ2v) is 4.00. The SMILES string of the molecule is Cc1ccc(F)c(C(=O)N(C)C(C)CO)c1F. The standard InChI is InChI=1S/C12H15F2NO2/c1-7-4-5-9(13)10(11(7)14)12(17)15(3)8(2)6-16/h4-5,8,16H,6H2,1-3H3. The summed E-state index contributed by atoms with van der Waals surface area (Å²) in [4.78, 5) is 13.0. The highest BCUT2D eigenvalue weighted by molar-refractivity contribution is 5.95. The Morgan fingerprint density at radius 3 is 2.59 bits per heavy atom. The molecular weight excluding hydrogens is 228 g/mol. The zero-order chi connectivity index (χ0) is 13.2. The molecule has 1 unspecified atom stereocenters. The van der Waals surface area contributed by atoms with Gasteiger partial charge in [-0.3, -0.25) is 4.79 Å². The number of amides is 1. The van der Waals surface area contributed by atoms with E-state index in [1.165, 1.54) is 20.0 Å². The molecule has 0 saturated carbocycles. The van der Waals surface area contributed by atoms with Gasteiger partial charge in [0.05, 0.1) is 12.6 Å². The molecule has 0 aliphatic carbocycles. The highest BCUT2D eigenvalue weighted by Crippen LogP contribution is 2.18. The van der Waals surface area contributed by atoms with E-state index in [-0.39, 0.29) is 12.2 Å². The van der Waals surface area contributed by atoms with E-state index in [2.05, 4.69) is 0 Å². The van der Waals surface area contributed by atoms with Crippen molar-refractivity contribution >= 4 is 5.91 Å². The number of hydrogen-bond acceptors (Lipinski definition) is 2. The molecule has 0 bridgehead atoms. The van der Waals surface area contributed by atoms with E-state index in [4.69, 9.17) is 5.11 Å². The normalized spacial score (nSPS) is 12.4. The lowest BCUT2D eigenvalue weighted by Gasteiger charge is -2.23. The fourth-order valence-electron chi connectivity index (χ4n) is 1.35. The van der Waals surface area contributed by atoms with Gasteiger partial charge in [-0.1, -0.05) is 6.07 Å². The van der Waals surface area contributed by atoms with Gasteiger partial charge in [0.1, 0.15) is 17.2 Å². The zero-order valence-electron chi connectivity index (χ0n) is 10.00. The Kier molecular flexibility index (Phi) is 4.17. The average molecular weight is 243 g/mol. The van der Waals surface area contributed by atoms with Crippen LogP contribution < -0.4 is 0 Å². The van der Waals surface area contributed by atoms with Crippen molar-refractivity contribution in [1.82, 2.24) is 4.90 Å². The minimum atomic E-state index is -0.893. The number of carbonyl (C=O) groups excluding carboxylic acids is 1. The lowest BCUT2D eigenvalue weighted by molar-refractivity contribution is 0.0672. The third-order valence-corrected chi connectivity index (χ3v) is 2.74. The van der Waals surface area contributed by atoms with E-state index >= 15 is 0 Å². The quantitative estimate of drug-likeness (QED) is 0.878. The molecule has 0 aliphatic rings. The number of benzene rings is 1. The van der Waals surface area contributed by atoms with Gasteiger partial charge in [-0.2, -0.15) is 0 Å². The van der Waals surface area contributed by atoms with Crippen LogP contribution in [0.3, 0.4) is 0 Å². The van der Waals surface area contributed by atoms with Crippen molar-refractivity contribution in [3.05, 3.63) is 34.9 Å². The summed E-state index contributed by atoms with van der Waals surface area (Å²) >= 11 is 0. The van der Waals surface area contributed by atoms with E-state index < -0.39 is 29.1 Å². The molecule has 17 heavy (non-hydrogen) atoms. The number of halogens is 2. The van der Waals surface area contributed by atoms with Gasteiger partial charge in [-0.15, -0.1) is 0 Å². The van der Waals surface area contributed by atoms with Gasteiger partial charge >= 0.3 is 0 Å². The molecule has 0 radical (unpaired) electrons. The van der Waals surface area contributed by atoms with Crippen LogP contribution in [0.5, 0.6) is 0 Å². The number of aryl methyl sites for hydroxylation is 1. The van der Waals surface area contributed by atoms with E-state index in [0.717, 1.165) is 11.0 Å². The van der Waals surface area contributed by atoms with Crippen molar-refractivity contribution < 1.29 is 18.7 Å². The molecule has 1 rings (SSSR count). The molecule has 3 nitrogen and oxygen atoms in total. The third kappa shape index (κ3) is 2.61. The molecule has 0 heterocycles. The number of rotatable bonds is 3. The Labute approximate surface area is 98.7 Å². The number of carbonyl (C=O) groups is 1. The highest BCUT2D eigenvalue weighted by Gasteiger charge is 2.24. The molecule has 1 amide bonds. The molecule has 0 fully saturated rings. The number of likely N-dealkylation sites (N-methyl/N-ethyl adjacent to an activating group) is 1. The van der Waals surface area contributed by atoms with Crippen LogP contribution in [0, 0.1) is 18.6 Å². The van der Waals surface area contributed by atoms with Gasteiger partial charge in [-0.25, -0.2) is 8.78 Å². The molecule has 94 valence electrons. The molecule has 0 aromatic heterocycles. The Hall–Kier alpha value is -1.49. The van der Waals surface area contributed by atoms with Gasteiger partial charge < -0.3 is 10.0 Å². The smallest absolute Gasteiger partial charge is 0.259 e. The van der Waals surface area contributed by atoms with Crippen molar-refractivity contribution in [1.29, 1.82) is 0 Å². The number of hydrogen-bond donors (Lipinski definition) is 1. The van der Waals surface area contributed by atoms with Gasteiger partial charge in [0.25, 0.3) is 5.91 Å². The lowest BCUT2D eigenvalue weighted by Crippen LogP contribution is -2.38. The average Bonchev–Trinajstić information content (AvgIpc) is 2.32. The summed E-state index contributed by atoms with van der Waals surface area (Å²) in [6.45, 7) is 2.78. The van der Waals surface area contributed by atoms with Gasteiger partial charge in [0.2, 0.25) is 0 Å². The molecule has 5 heteroatoms. The Bertz CT molecular complexity index is 435. The predicted octanol–water partition coefficient (Wildman–Crippen LogP) is 1.73. The second kappa shape index (κ2) is 5.23. The minimum Gasteiger partial charge on any atom is -0.394 e. The second-order valence-electron chi connectivity index (χ2n) is 4.00. The van der Waals surface area contributed by atoms with Crippen molar-refractivity contribution in [2.45, 2.75) is 19.9 Å². The Balaban J connectivity index is 3.17. The van der Waals surface area contributed by atoms with Crippen LogP contribution in [0.1, 0.15) is 22.8 Å². The fraction of sp³-hybridized carbons (Fsp3) is 0.417. The van der Waals surface area contributed by atoms with Gasteiger partial charge in [0, 0.05) is 7.05 Å². The molecule has 0 spiro atoms. The summed E-state index contributed by atoms with van der Waals surface area (Å²) in [6, 6.07) is 1.84. The summed E-state index contributed by atoms with van der Waals surface area (Å²) in [6.07, 6.45) is 0. The Morgan fingerprint density at radius 1 is 1.47 bits per heavy atom. The topological polar surface area (TPSA) is 40.5 Å². The van der Waals surface area contributed by atoms with Gasteiger partial charge in [0.15, 0.2) is 0 Å². The maximum Gasteiger partial charge on any atom is 0.259 e. The zero-order valence-corrected chi connectivity index (χ0v) is 10.00. The molecular formula is C12H15F2NO2. The van der Waals surface area contributed by atoms with E-state index in [9.17, 15) is 13.6 Å². The number of aliphatic hydroxyl groups is 1. The number of nitrogens with zero attached hydrogens (tertiary/aromatic N) is 1. The molecule has 0 aliphatic heterocycles. The summed E-state index contributed by atoms with van der Waals surface area (Å²) in [5.74, 6) is -2.52. The fourth-order valence-corrected chi connectivity index (χ4v) is 1.35. The molecule has 0 saturated heterocycles. The van der Waals surface area contributed by atoms with Crippen LogP contribution in [-0.4, -0.2) is 35.6 Å². The molecule has 1 aromatic rings. The number of aliphatic hydroxyl groups excluding tert-OH is 1. The monoisotopic (exact) mass is 243 g/mol. The largest absolute Gasteiger partial charge is 0.394 e. The van der Waals surface area contributed by atoms with Crippen molar-refractivity contribution in [3.63, 3.8) is 0 Å². The van der Waals surface area contributed by atoms with Crippen molar-refractivity contribution in [2.24, 2.45) is 0 Å². The Morgan fingerprint density at radius 2 is 2.06 bits per heavy atom. The lowest BCUT2D eigenvalue weighted by atomic mass is 10.1.